The molecule has 0 unspecified atom stereocenters. The van der Waals surface area contributed by atoms with Crippen molar-refractivity contribution in [1.29, 1.82) is 0 Å². The van der Waals surface area contributed by atoms with Gasteiger partial charge in [-0.25, -0.2) is 4.98 Å². The molecule has 0 amide bonds. The fourth-order valence-corrected chi connectivity index (χ4v) is 7.96. The first-order chi connectivity index (χ1) is 27.7. The summed E-state index contributed by atoms with van der Waals surface area (Å²) in [6, 6.07) is 67.4. The molecule has 0 aliphatic rings. The Bertz CT molecular complexity index is 3240. The number of benzene rings is 8. The molecular formula is C51H32N4O. The summed E-state index contributed by atoms with van der Waals surface area (Å²) in [5, 5.41) is 4.45. The molecule has 3 heterocycles. The first-order valence-corrected chi connectivity index (χ1v) is 18.8. The average molecular weight is 717 g/mol. The third-order valence-corrected chi connectivity index (χ3v) is 10.7. The van der Waals surface area contributed by atoms with Crippen LogP contribution in [0.25, 0.3) is 106 Å². The van der Waals surface area contributed by atoms with E-state index in [1.807, 2.05) is 24.3 Å². The number of rotatable bonds is 6. The lowest BCUT2D eigenvalue weighted by Crippen LogP contribution is -2.06. The van der Waals surface area contributed by atoms with Gasteiger partial charge in [-0.1, -0.05) is 164 Å². The lowest BCUT2D eigenvalue weighted by Gasteiger charge is -2.12. The van der Waals surface area contributed by atoms with E-state index >= 15 is 0 Å². The van der Waals surface area contributed by atoms with Crippen molar-refractivity contribution >= 4 is 43.7 Å². The second kappa shape index (κ2) is 13.0. The Morgan fingerprint density at radius 2 is 0.893 bits per heavy atom. The minimum absolute atomic E-state index is 0.556. The Labute approximate surface area is 322 Å². The van der Waals surface area contributed by atoms with E-state index < -0.39 is 0 Å². The highest BCUT2D eigenvalue weighted by atomic mass is 16.3. The predicted molar refractivity (Wildman–Crippen MR) is 229 cm³/mol. The molecule has 11 aromatic rings. The van der Waals surface area contributed by atoms with Crippen LogP contribution >= 0.6 is 0 Å². The Kier molecular flexibility index (Phi) is 7.42. The van der Waals surface area contributed by atoms with Gasteiger partial charge in [-0.05, 0) is 58.1 Å². The van der Waals surface area contributed by atoms with Gasteiger partial charge in [-0.2, -0.15) is 9.97 Å². The van der Waals surface area contributed by atoms with Crippen molar-refractivity contribution in [1.82, 2.24) is 19.5 Å². The van der Waals surface area contributed by atoms with Gasteiger partial charge in [0.1, 0.15) is 11.2 Å². The molecule has 0 N–H and O–H groups in total. The van der Waals surface area contributed by atoms with Crippen molar-refractivity contribution in [3.63, 3.8) is 0 Å². The van der Waals surface area contributed by atoms with Crippen molar-refractivity contribution in [2.24, 2.45) is 0 Å². The molecule has 11 rings (SSSR count). The number of furan rings is 1. The Balaban J connectivity index is 1.11. The van der Waals surface area contributed by atoms with Gasteiger partial charge >= 0.3 is 0 Å². The van der Waals surface area contributed by atoms with Crippen LogP contribution in [0.3, 0.4) is 0 Å². The van der Waals surface area contributed by atoms with Crippen LogP contribution in [0.1, 0.15) is 0 Å². The summed E-state index contributed by atoms with van der Waals surface area (Å²) >= 11 is 0. The van der Waals surface area contributed by atoms with Gasteiger partial charge in [0.15, 0.2) is 11.6 Å². The van der Waals surface area contributed by atoms with Gasteiger partial charge in [0.05, 0.1) is 11.0 Å². The topological polar surface area (TPSA) is 56.7 Å². The Morgan fingerprint density at radius 1 is 0.339 bits per heavy atom. The first-order valence-electron chi connectivity index (χ1n) is 18.8. The Morgan fingerprint density at radius 3 is 1.70 bits per heavy atom. The quantitative estimate of drug-likeness (QED) is 0.172. The summed E-state index contributed by atoms with van der Waals surface area (Å²) in [7, 11) is 0. The van der Waals surface area contributed by atoms with E-state index in [-0.39, 0.29) is 0 Å². The fraction of sp³-hybridized carbons (Fsp3) is 0. The largest absolute Gasteiger partial charge is 0.455 e. The SMILES string of the molecule is c1ccc(-c2ccc(-c3nc(-c4cccc(-c5ccccc5)c4)nc(-n4c5ccccc5c5cc(-c6cccc7c6oc6ccccc67)ccc54)n3)cc2)cc1. The average Bonchev–Trinajstić information content (AvgIpc) is 3.83. The van der Waals surface area contributed by atoms with E-state index in [0.717, 1.165) is 88.3 Å². The monoisotopic (exact) mass is 716 g/mol. The summed E-state index contributed by atoms with van der Waals surface area (Å²) in [5.41, 5.74) is 12.3. The summed E-state index contributed by atoms with van der Waals surface area (Å²) in [5.74, 6) is 1.77. The highest BCUT2D eigenvalue weighted by molar-refractivity contribution is 6.13. The molecule has 262 valence electrons. The normalized spacial score (nSPS) is 11.6. The van der Waals surface area contributed by atoms with Crippen LogP contribution < -0.4 is 0 Å². The third-order valence-electron chi connectivity index (χ3n) is 10.7. The molecule has 5 nitrogen and oxygen atoms in total. The summed E-state index contributed by atoms with van der Waals surface area (Å²) in [4.78, 5) is 15.6. The summed E-state index contributed by atoms with van der Waals surface area (Å²) in [6.07, 6.45) is 0. The smallest absolute Gasteiger partial charge is 0.238 e. The highest BCUT2D eigenvalue weighted by Crippen LogP contribution is 2.39. The van der Waals surface area contributed by atoms with Crippen molar-refractivity contribution in [3.8, 4) is 62.1 Å². The number of fused-ring (bicyclic) bond motifs is 6. The van der Waals surface area contributed by atoms with Crippen LogP contribution in [0.4, 0.5) is 0 Å². The molecule has 8 aromatic carbocycles. The number of hydrogen-bond donors (Lipinski definition) is 0. The zero-order valence-corrected chi connectivity index (χ0v) is 30.2. The Hall–Kier alpha value is -7.63. The van der Waals surface area contributed by atoms with Crippen molar-refractivity contribution in [2.75, 3.05) is 0 Å². The molecule has 0 saturated carbocycles. The number of hydrogen-bond acceptors (Lipinski definition) is 4. The highest BCUT2D eigenvalue weighted by Gasteiger charge is 2.20. The van der Waals surface area contributed by atoms with Crippen LogP contribution in [0.2, 0.25) is 0 Å². The minimum Gasteiger partial charge on any atom is -0.455 e. The lowest BCUT2D eigenvalue weighted by molar-refractivity contribution is 0.670. The molecule has 0 bridgehead atoms. The van der Waals surface area contributed by atoms with Crippen molar-refractivity contribution < 1.29 is 4.42 Å². The molecule has 3 aromatic heterocycles. The van der Waals surface area contributed by atoms with Gasteiger partial charge in [-0.3, -0.25) is 4.57 Å². The van der Waals surface area contributed by atoms with E-state index in [2.05, 4.69) is 174 Å². The molecule has 0 spiro atoms. The molecule has 56 heavy (non-hydrogen) atoms. The third kappa shape index (κ3) is 5.37. The second-order valence-corrected chi connectivity index (χ2v) is 14.0. The maximum Gasteiger partial charge on any atom is 0.238 e. The predicted octanol–water partition coefficient (Wildman–Crippen LogP) is 13.2. The molecular weight excluding hydrogens is 685 g/mol. The number of nitrogens with zero attached hydrogens (tertiary/aromatic N) is 4. The fourth-order valence-electron chi connectivity index (χ4n) is 7.96. The molecule has 0 fully saturated rings. The lowest BCUT2D eigenvalue weighted by atomic mass is 10.0. The molecule has 0 aliphatic carbocycles. The van der Waals surface area contributed by atoms with Gasteiger partial charge in [-0.15, -0.1) is 0 Å². The second-order valence-electron chi connectivity index (χ2n) is 14.0. The number of aromatic nitrogens is 4. The van der Waals surface area contributed by atoms with E-state index in [4.69, 9.17) is 19.4 Å². The van der Waals surface area contributed by atoms with E-state index in [1.54, 1.807) is 0 Å². The van der Waals surface area contributed by atoms with Gasteiger partial charge in [0, 0.05) is 38.2 Å². The molecule has 0 aliphatic heterocycles. The van der Waals surface area contributed by atoms with Crippen molar-refractivity contribution in [2.45, 2.75) is 0 Å². The van der Waals surface area contributed by atoms with E-state index in [1.165, 1.54) is 0 Å². The van der Waals surface area contributed by atoms with Crippen molar-refractivity contribution in [3.05, 3.63) is 194 Å². The summed E-state index contributed by atoms with van der Waals surface area (Å²) in [6.45, 7) is 0. The van der Waals surface area contributed by atoms with Gasteiger partial charge < -0.3 is 4.42 Å². The molecule has 0 saturated heterocycles. The molecule has 0 radical (unpaired) electrons. The number of para-hydroxylation sites is 3. The van der Waals surface area contributed by atoms with Gasteiger partial charge in [0.25, 0.3) is 0 Å². The van der Waals surface area contributed by atoms with E-state index in [0.29, 0.717) is 17.6 Å². The summed E-state index contributed by atoms with van der Waals surface area (Å²) < 4.78 is 8.63. The van der Waals surface area contributed by atoms with Crippen LogP contribution in [0.5, 0.6) is 0 Å². The zero-order valence-electron chi connectivity index (χ0n) is 30.2. The molecule has 0 atom stereocenters. The van der Waals surface area contributed by atoms with Crippen LogP contribution in [0, 0.1) is 0 Å². The van der Waals surface area contributed by atoms with Crippen LogP contribution in [-0.2, 0) is 0 Å². The maximum atomic E-state index is 6.46. The standard InChI is InChI=1S/C51H32N4O/c1-3-13-33(14-4-1)35-25-27-36(28-26-35)49-52-50(39-18-11-17-37(31-39)34-15-5-2-6-16-34)54-51(53-49)55-45-23-9-7-19-41(45)44-32-38(29-30-46(44)55)40-21-12-22-43-42-20-8-10-24-47(42)56-48(40)43/h1-32H. The van der Waals surface area contributed by atoms with Gasteiger partial charge in [0.2, 0.25) is 5.95 Å². The zero-order chi connectivity index (χ0) is 37.0. The van der Waals surface area contributed by atoms with E-state index in [9.17, 15) is 0 Å². The maximum absolute atomic E-state index is 6.46. The first kappa shape index (κ1) is 31.9. The van der Waals surface area contributed by atoms with Crippen LogP contribution in [0.15, 0.2) is 199 Å². The molecule has 5 heteroatoms. The minimum atomic E-state index is 0.556. The van der Waals surface area contributed by atoms with Crippen LogP contribution in [-0.4, -0.2) is 19.5 Å².